The lowest BCUT2D eigenvalue weighted by Crippen LogP contribution is -2.22. The predicted molar refractivity (Wildman–Crippen MR) is 107 cm³/mol. The molecule has 3 heteroatoms. The molecule has 132 valence electrons. The molecule has 0 aliphatic carbocycles. The maximum atomic E-state index is 12.6. The van der Waals surface area contributed by atoms with Crippen LogP contribution in [-0.4, -0.2) is 10.9 Å². The summed E-state index contributed by atoms with van der Waals surface area (Å²) in [4.78, 5) is 16.6. The third kappa shape index (κ3) is 4.37. The summed E-state index contributed by atoms with van der Waals surface area (Å²) in [6.45, 7) is 4.13. The zero-order valence-corrected chi connectivity index (χ0v) is 15.3. The summed E-state index contributed by atoms with van der Waals surface area (Å²) >= 11 is 0. The van der Waals surface area contributed by atoms with Gasteiger partial charge in [-0.3, -0.25) is 9.78 Å². The molecular weight excluding hydrogens is 320 g/mol. The van der Waals surface area contributed by atoms with Gasteiger partial charge in [0.05, 0.1) is 0 Å². The van der Waals surface area contributed by atoms with Crippen molar-refractivity contribution >= 4 is 11.6 Å². The highest BCUT2D eigenvalue weighted by Gasteiger charge is 2.15. The number of hydrogen-bond donors (Lipinski definition) is 1. The molecule has 1 unspecified atom stereocenters. The van der Waals surface area contributed by atoms with Crippen molar-refractivity contribution in [1.29, 1.82) is 0 Å². The Morgan fingerprint density at radius 3 is 2.19 bits per heavy atom. The maximum Gasteiger partial charge on any atom is 0.227 e. The predicted octanol–water partition coefficient (Wildman–Crippen LogP) is 5.13. The molecule has 1 atom stereocenters. The molecule has 0 radical (unpaired) electrons. The molecule has 3 aromatic rings. The number of nitrogens with zero attached hydrogens (tertiary/aromatic N) is 1. The van der Waals surface area contributed by atoms with Crippen LogP contribution in [0.25, 0.3) is 11.1 Å². The number of hydrogen-bond acceptors (Lipinski definition) is 2. The average molecular weight is 344 g/mol. The Morgan fingerprint density at radius 1 is 0.923 bits per heavy atom. The Bertz CT molecular complexity index is 857. The van der Waals surface area contributed by atoms with Crippen LogP contribution in [0, 0.1) is 5.92 Å². The number of carbonyl (C=O) groups is 1. The number of amides is 1. The van der Waals surface area contributed by atoms with Crippen LogP contribution in [0.15, 0.2) is 73.1 Å². The van der Waals surface area contributed by atoms with Crippen LogP contribution in [-0.2, 0) is 17.6 Å². The molecule has 0 aliphatic heterocycles. The van der Waals surface area contributed by atoms with Crippen molar-refractivity contribution in [3.63, 3.8) is 0 Å². The molecule has 0 spiro atoms. The van der Waals surface area contributed by atoms with Gasteiger partial charge in [-0.25, -0.2) is 0 Å². The second-order valence-electron chi connectivity index (χ2n) is 6.53. The zero-order valence-electron chi connectivity index (χ0n) is 15.3. The lowest BCUT2D eigenvalue weighted by atomic mass is 9.95. The van der Waals surface area contributed by atoms with E-state index < -0.39 is 0 Å². The van der Waals surface area contributed by atoms with Gasteiger partial charge in [-0.05, 0) is 59.4 Å². The van der Waals surface area contributed by atoms with Crippen molar-refractivity contribution < 1.29 is 4.79 Å². The Balaban J connectivity index is 1.64. The molecule has 0 saturated heterocycles. The van der Waals surface area contributed by atoms with Gasteiger partial charge < -0.3 is 5.32 Å². The first kappa shape index (κ1) is 17.9. The van der Waals surface area contributed by atoms with Gasteiger partial charge in [0.1, 0.15) is 0 Å². The summed E-state index contributed by atoms with van der Waals surface area (Å²) in [5.41, 5.74) is 5.61. The van der Waals surface area contributed by atoms with Crippen LogP contribution >= 0.6 is 0 Å². The largest absolute Gasteiger partial charge is 0.326 e. The highest BCUT2D eigenvalue weighted by molar-refractivity contribution is 5.92. The first-order chi connectivity index (χ1) is 12.7. The summed E-state index contributed by atoms with van der Waals surface area (Å²) in [6, 6.07) is 20.2. The van der Waals surface area contributed by atoms with Crippen LogP contribution in [0.2, 0.25) is 0 Å². The minimum atomic E-state index is -0.0809. The SMILES string of the molecule is CCc1ccccc1CC(C)C(=O)Nc1ccc(-c2ccncc2)cc1. The van der Waals surface area contributed by atoms with Crippen molar-refractivity contribution in [3.05, 3.63) is 84.2 Å². The van der Waals surface area contributed by atoms with E-state index >= 15 is 0 Å². The smallest absolute Gasteiger partial charge is 0.227 e. The van der Waals surface area contributed by atoms with Gasteiger partial charge in [-0.15, -0.1) is 0 Å². The van der Waals surface area contributed by atoms with Gasteiger partial charge >= 0.3 is 0 Å². The van der Waals surface area contributed by atoms with Gasteiger partial charge in [-0.1, -0.05) is 50.2 Å². The monoisotopic (exact) mass is 344 g/mol. The first-order valence-corrected chi connectivity index (χ1v) is 9.05. The van der Waals surface area contributed by atoms with E-state index in [9.17, 15) is 4.79 Å². The lowest BCUT2D eigenvalue weighted by molar-refractivity contribution is -0.119. The number of nitrogens with one attached hydrogen (secondary N) is 1. The molecule has 0 fully saturated rings. The summed E-state index contributed by atoms with van der Waals surface area (Å²) < 4.78 is 0. The van der Waals surface area contributed by atoms with Crippen LogP contribution in [0.5, 0.6) is 0 Å². The van der Waals surface area contributed by atoms with E-state index in [1.165, 1.54) is 11.1 Å². The molecule has 3 nitrogen and oxygen atoms in total. The molecule has 26 heavy (non-hydrogen) atoms. The third-order valence-electron chi connectivity index (χ3n) is 4.64. The number of benzene rings is 2. The Labute approximate surface area is 155 Å². The molecule has 0 bridgehead atoms. The maximum absolute atomic E-state index is 12.6. The fraction of sp³-hybridized carbons (Fsp3) is 0.217. The molecular formula is C23H24N2O. The third-order valence-corrected chi connectivity index (χ3v) is 4.64. The van der Waals surface area contributed by atoms with Gasteiger partial charge in [-0.2, -0.15) is 0 Å². The van der Waals surface area contributed by atoms with Crippen LogP contribution in [0.3, 0.4) is 0 Å². The molecule has 1 N–H and O–H groups in total. The minimum absolute atomic E-state index is 0.0487. The standard InChI is InChI=1S/C23H24N2O/c1-3-18-6-4-5-7-21(18)16-17(2)23(26)25-22-10-8-19(9-11-22)20-12-14-24-15-13-20/h4-15,17H,3,16H2,1-2H3,(H,25,26). The average Bonchev–Trinajstić information content (AvgIpc) is 2.69. The Kier molecular flexibility index (Phi) is 5.80. The zero-order chi connectivity index (χ0) is 18.4. The molecule has 1 heterocycles. The molecule has 1 amide bonds. The van der Waals surface area contributed by atoms with E-state index in [0.717, 1.165) is 29.7 Å². The van der Waals surface area contributed by atoms with Crippen LogP contribution in [0.1, 0.15) is 25.0 Å². The second kappa shape index (κ2) is 8.43. The van der Waals surface area contributed by atoms with Gasteiger partial charge in [0, 0.05) is 24.0 Å². The van der Waals surface area contributed by atoms with Crippen LogP contribution < -0.4 is 5.32 Å². The summed E-state index contributed by atoms with van der Waals surface area (Å²) in [5.74, 6) is -0.0323. The van der Waals surface area contributed by atoms with E-state index in [-0.39, 0.29) is 11.8 Å². The van der Waals surface area contributed by atoms with E-state index in [2.05, 4.69) is 35.4 Å². The fourth-order valence-electron chi connectivity index (χ4n) is 3.08. The summed E-state index contributed by atoms with van der Waals surface area (Å²) in [7, 11) is 0. The molecule has 0 saturated carbocycles. The van der Waals surface area contributed by atoms with Gasteiger partial charge in [0.25, 0.3) is 0 Å². The van der Waals surface area contributed by atoms with Crippen molar-refractivity contribution in [3.8, 4) is 11.1 Å². The van der Waals surface area contributed by atoms with Crippen molar-refractivity contribution in [2.75, 3.05) is 5.32 Å². The Hall–Kier alpha value is -2.94. The van der Waals surface area contributed by atoms with Crippen LogP contribution in [0.4, 0.5) is 5.69 Å². The number of carbonyl (C=O) groups excluding carboxylic acids is 1. The lowest BCUT2D eigenvalue weighted by Gasteiger charge is -2.15. The Morgan fingerprint density at radius 2 is 1.54 bits per heavy atom. The number of aromatic nitrogens is 1. The summed E-state index contributed by atoms with van der Waals surface area (Å²) in [6.07, 6.45) is 5.30. The topological polar surface area (TPSA) is 42.0 Å². The van der Waals surface area contributed by atoms with Gasteiger partial charge in [0.15, 0.2) is 0 Å². The number of anilines is 1. The van der Waals surface area contributed by atoms with E-state index in [0.29, 0.717) is 0 Å². The molecule has 3 rings (SSSR count). The molecule has 0 aliphatic rings. The second-order valence-corrected chi connectivity index (χ2v) is 6.53. The highest BCUT2D eigenvalue weighted by Crippen LogP contribution is 2.21. The number of pyridine rings is 1. The van der Waals surface area contributed by atoms with E-state index in [1.807, 2.05) is 49.4 Å². The first-order valence-electron chi connectivity index (χ1n) is 9.05. The minimum Gasteiger partial charge on any atom is -0.326 e. The summed E-state index contributed by atoms with van der Waals surface area (Å²) in [5, 5.41) is 3.03. The fourth-order valence-corrected chi connectivity index (χ4v) is 3.08. The normalized spacial score (nSPS) is 11.8. The molecule has 1 aromatic heterocycles. The molecule has 2 aromatic carbocycles. The van der Waals surface area contributed by atoms with Crippen molar-refractivity contribution in [1.82, 2.24) is 4.98 Å². The quantitative estimate of drug-likeness (QED) is 0.673. The van der Waals surface area contributed by atoms with Crippen molar-refractivity contribution in [2.24, 2.45) is 5.92 Å². The highest BCUT2D eigenvalue weighted by atomic mass is 16.1. The van der Waals surface area contributed by atoms with E-state index in [1.54, 1.807) is 12.4 Å². The van der Waals surface area contributed by atoms with Gasteiger partial charge in [0.2, 0.25) is 5.91 Å². The van der Waals surface area contributed by atoms with Crippen molar-refractivity contribution in [2.45, 2.75) is 26.7 Å². The number of rotatable bonds is 6. The van der Waals surface area contributed by atoms with E-state index in [4.69, 9.17) is 0 Å². The number of aryl methyl sites for hydroxylation is 1.